The molecule has 2 heteroatoms. The molecule has 0 aliphatic rings. The summed E-state index contributed by atoms with van der Waals surface area (Å²) in [4.78, 5) is 13.9. The molecule has 1 aromatic carbocycles. The molecule has 0 aliphatic heterocycles. The third kappa shape index (κ3) is 1.59. The van der Waals surface area contributed by atoms with E-state index in [0.717, 1.165) is 16.5 Å². The van der Waals surface area contributed by atoms with Crippen LogP contribution in [0.5, 0.6) is 0 Å². The Kier molecular flexibility index (Phi) is 2.19. The van der Waals surface area contributed by atoms with E-state index in [4.69, 9.17) is 0 Å². The zero-order valence-corrected chi connectivity index (χ0v) is 7.95. The molecule has 0 unspecified atom stereocenters. The summed E-state index contributed by atoms with van der Waals surface area (Å²) in [5.74, 6) is 0.0672. The van der Waals surface area contributed by atoms with E-state index in [1.165, 1.54) is 0 Å². The van der Waals surface area contributed by atoms with Gasteiger partial charge in [0, 0.05) is 17.1 Å². The standard InChI is InChI=1S/C12H11NO/c1-9(14)5-6-10-3-2-4-12-11(10)7-8-13-12/h2-8,13H,1H3. The Morgan fingerprint density at radius 1 is 1.36 bits per heavy atom. The van der Waals surface area contributed by atoms with Crippen molar-refractivity contribution in [1.29, 1.82) is 0 Å². The number of H-pyrrole nitrogens is 1. The van der Waals surface area contributed by atoms with Gasteiger partial charge in [-0.05, 0) is 30.7 Å². The Labute approximate surface area is 82.3 Å². The summed E-state index contributed by atoms with van der Waals surface area (Å²) in [5.41, 5.74) is 2.16. The maximum absolute atomic E-state index is 10.8. The van der Waals surface area contributed by atoms with Crippen molar-refractivity contribution in [3.8, 4) is 0 Å². The molecule has 0 radical (unpaired) electrons. The van der Waals surface area contributed by atoms with Crippen LogP contribution in [0.1, 0.15) is 12.5 Å². The molecule has 0 saturated carbocycles. The van der Waals surface area contributed by atoms with Crippen LogP contribution in [-0.2, 0) is 4.79 Å². The monoisotopic (exact) mass is 185 g/mol. The molecule has 0 saturated heterocycles. The van der Waals surface area contributed by atoms with Gasteiger partial charge in [0.2, 0.25) is 0 Å². The predicted molar refractivity (Wildman–Crippen MR) is 58.0 cm³/mol. The maximum atomic E-state index is 10.8. The summed E-state index contributed by atoms with van der Waals surface area (Å²) < 4.78 is 0. The number of hydrogen-bond donors (Lipinski definition) is 1. The lowest BCUT2D eigenvalue weighted by Gasteiger charge is -1.95. The fourth-order valence-electron chi connectivity index (χ4n) is 1.46. The largest absolute Gasteiger partial charge is 0.361 e. The molecule has 0 spiro atoms. The number of fused-ring (bicyclic) bond motifs is 1. The molecule has 1 N–H and O–H groups in total. The highest BCUT2D eigenvalue weighted by Crippen LogP contribution is 2.18. The Morgan fingerprint density at radius 2 is 2.21 bits per heavy atom. The first-order valence-corrected chi connectivity index (χ1v) is 4.52. The van der Waals surface area contributed by atoms with Crippen LogP contribution < -0.4 is 0 Å². The van der Waals surface area contributed by atoms with Crippen LogP contribution in [0.15, 0.2) is 36.5 Å². The van der Waals surface area contributed by atoms with Gasteiger partial charge in [0.25, 0.3) is 0 Å². The molecule has 2 nitrogen and oxygen atoms in total. The molecule has 0 fully saturated rings. The molecule has 0 atom stereocenters. The molecule has 1 aromatic heterocycles. The minimum absolute atomic E-state index is 0.0672. The third-order valence-corrected chi connectivity index (χ3v) is 2.13. The second-order valence-electron chi connectivity index (χ2n) is 3.23. The van der Waals surface area contributed by atoms with E-state index in [1.807, 2.05) is 36.5 Å². The van der Waals surface area contributed by atoms with E-state index in [-0.39, 0.29) is 5.78 Å². The van der Waals surface area contributed by atoms with Crippen LogP contribution in [-0.4, -0.2) is 10.8 Å². The van der Waals surface area contributed by atoms with E-state index in [9.17, 15) is 4.79 Å². The summed E-state index contributed by atoms with van der Waals surface area (Å²) in [5, 5.41) is 1.14. The first-order chi connectivity index (χ1) is 6.77. The highest BCUT2D eigenvalue weighted by atomic mass is 16.1. The van der Waals surface area contributed by atoms with Crippen LogP contribution in [0.25, 0.3) is 17.0 Å². The van der Waals surface area contributed by atoms with E-state index in [1.54, 1.807) is 13.0 Å². The van der Waals surface area contributed by atoms with Gasteiger partial charge in [-0.15, -0.1) is 0 Å². The Balaban J connectivity index is 2.51. The van der Waals surface area contributed by atoms with Crippen molar-refractivity contribution in [2.75, 3.05) is 0 Å². The lowest BCUT2D eigenvalue weighted by Crippen LogP contribution is -1.80. The Morgan fingerprint density at radius 3 is 3.00 bits per heavy atom. The minimum Gasteiger partial charge on any atom is -0.361 e. The molecule has 14 heavy (non-hydrogen) atoms. The molecule has 2 rings (SSSR count). The lowest BCUT2D eigenvalue weighted by molar-refractivity contribution is -0.112. The average molecular weight is 185 g/mol. The van der Waals surface area contributed by atoms with Crippen molar-refractivity contribution in [3.63, 3.8) is 0 Å². The number of carbonyl (C=O) groups is 1. The highest BCUT2D eigenvalue weighted by Gasteiger charge is 1.97. The SMILES string of the molecule is CC(=O)C=Cc1cccc2[nH]ccc12. The smallest absolute Gasteiger partial charge is 0.152 e. The molecular formula is C12H11NO. The topological polar surface area (TPSA) is 32.9 Å². The maximum Gasteiger partial charge on any atom is 0.152 e. The number of aromatic amines is 1. The Hall–Kier alpha value is -1.83. The summed E-state index contributed by atoms with van der Waals surface area (Å²) in [6.07, 6.45) is 5.33. The number of allylic oxidation sites excluding steroid dienone is 1. The van der Waals surface area contributed by atoms with Gasteiger partial charge in [0.15, 0.2) is 5.78 Å². The van der Waals surface area contributed by atoms with Gasteiger partial charge in [0.05, 0.1) is 0 Å². The number of hydrogen-bond acceptors (Lipinski definition) is 1. The van der Waals surface area contributed by atoms with Crippen molar-refractivity contribution in [2.45, 2.75) is 6.92 Å². The van der Waals surface area contributed by atoms with Crippen LogP contribution in [0.4, 0.5) is 0 Å². The predicted octanol–water partition coefficient (Wildman–Crippen LogP) is 2.77. The van der Waals surface area contributed by atoms with Gasteiger partial charge < -0.3 is 4.98 Å². The number of aromatic nitrogens is 1. The van der Waals surface area contributed by atoms with Gasteiger partial charge in [-0.2, -0.15) is 0 Å². The second kappa shape index (κ2) is 3.50. The molecule has 70 valence electrons. The van der Waals surface area contributed by atoms with Crippen molar-refractivity contribution < 1.29 is 4.79 Å². The number of rotatable bonds is 2. The fraction of sp³-hybridized carbons (Fsp3) is 0.0833. The lowest BCUT2D eigenvalue weighted by atomic mass is 10.1. The van der Waals surface area contributed by atoms with Gasteiger partial charge in [-0.25, -0.2) is 0 Å². The van der Waals surface area contributed by atoms with Gasteiger partial charge in [-0.3, -0.25) is 4.79 Å². The zero-order chi connectivity index (χ0) is 9.97. The van der Waals surface area contributed by atoms with Crippen molar-refractivity contribution >= 4 is 22.8 Å². The van der Waals surface area contributed by atoms with E-state index in [2.05, 4.69) is 4.98 Å². The third-order valence-electron chi connectivity index (χ3n) is 2.13. The number of ketones is 1. The van der Waals surface area contributed by atoms with Crippen molar-refractivity contribution in [2.24, 2.45) is 0 Å². The summed E-state index contributed by atoms with van der Waals surface area (Å²) in [6, 6.07) is 7.99. The van der Waals surface area contributed by atoms with Crippen LogP contribution in [0, 0.1) is 0 Å². The van der Waals surface area contributed by atoms with Crippen molar-refractivity contribution in [3.05, 3.63) is 42.1 Å². The van der Waals surface area contributed by atoms with Gasteiger partial charge in [0.1, 0.15) is 0 Å². The number of benzene rings is 1. The average Bonchev–Trinajstić information content (AvgIpc) is 2.62. The first-order valence-electron chi connectivity index (χ1n) is 4.52. The van der Waals surface area contributed by atoms with E-state index >= 15 is 0 Å². The van der Waals surface area contributed by atoms with Crippen LogP contribution in [0.3, 0.4) is 0 Å². The quantitative estimate of drug-likeness (QED) is 0.717. The molecular weight excluding hydrogens is 174 g/mol. The van der Waals surface area contributed by atoms with Crippen molar-refractivity contribution in [1.82, 2.24) is 4.98 Å². The minimum atomic E-state index is 0.0672. The second-order valence-corrected chi connectivity index (χ2v) is 3.23. The molecule has 0 bridgehead atoms. The van der Waals surface area contributed by atoms with Gasteiger partial charge >= 0.3 is 0 Å². The normalized spacial score (nSPS) is 11.2. The number of carbonyl (C=O) groups excluding carboxylic acids is 1. The molecule has 0 amide bonds. The van der Waals surface area contributed by atoms with Gasteiger partial charge in [-0.1, -0.05) is 18.2 Å². The summed E-state index contributed by atoms with van der Waals surface area (Å²) in [7, 11) is 0. The number of nitrogens with one attached hydrogen (secondary N) is 1. The summed E-state index contributed by atoms with van der Waals surface area (Å²) in [6.45, 7) is 1.55. The summed E-state index contributed by atoms with van der Waals surface area (Å²) >= 11 is 0. The van der Waals surface area contributed by atoms with E-state index < -0.39 is 0 Å². The van der Waals surface area contributed by atoms with E-state index in [0.29, 0.717) is 0 Å². The zero-order valence-electron chi connectivity index (χ0n) is 7.95. The highest BCUT2D eigenvalue weighted by molar-refractivity contribution is 5.95. The van der Waals surface area contributed by atoms with Crippen LogP contribution >= 0.6 is 0 Å². The van der Waals surface area contributed by atoms with Crippen LogP contribution in [0.2, 0.25) is 0 Å². The molecule has 0 aliphatic carbocycles. The molecule has 2 aromatic rings. The fourth-order valence-corrected chi connectivity index (χ4v) is 1.46. The molecule has 1 heterocycles. The Bertz CT molecular complexity index is 494. The first kappa shape index (κ1) is 8.75.